The predicted molar refractivity (Wildman–Crippen MR) is 129 cm³/mol. The molecule has 7 heteroatoms. The van der Waals surface area contributed by atoms with Gasteiger partial charge in [-0.2, -0.15) is 0 Å². The van der Waals surface area contributed by atoms with Crippen molar-refractivity contribution in [3.63, 3.8) is 0 Å². The van der Waals surface area contributed by atoms with E-state index in [1.165, 1.54) is 12.1 Å². The summed E-state index contributed by atoms with van der Waals surface area (Å²) in [4.78, 5) is 24.6. The first kappa shape index (κ1) is 22.1. The number of rotatable bonds is 6. The number of fused-ring (bicyclic) bond motifs is 1. The average Bonchev–Trinajstić information content (AvgIpc) is 2.90. The number of morpholine rings is 1. The maximum Gasteiger partial charge on any atom is 0.252 e. The van der Waals surface area contributed by atoms with Gasteiger partial charge in [0.15, 0.2) is 0 Å². The van der Waals surface area contributed by atoms with Crippen LogP contribution in [0.1, 0.15) is 22.0 Å². The summed E-state index contributed by atoms with van der Waals surface area (Å²) in [7, 11) is 0. The maximum absolute atomic E-state index is 13.5. The fraction of sp³-hybridized carbons (Fsp3) is 0.222. The highest BCUT2D eigenvalue weighted by molar-refractivity contribution is 6.07. The normalized spacial score (nSPS) is 15.2. The Balaban J connectivity index is 1.44. The van der Waals surface area contributed by atoms with Crippen molar-refractivity contribution in [3.8, 4) is 11.3 Å². The lowest BCUT2D eigenvalue weighted by atomic mass is 10.0. The largest absolute Gasteiger partial charge is 0.379 e. The number of hydrogen-bond donors (Lipinski definition) is 1. The monoisotopic (exact) mass is 456 g/mol. The van der Waals surface area contributed by atoms with Crippen LogP contribution in [0.25, 0.3) is 22.2 Å². The van der Waals surface area contributed by atoms with Crippen molar-refractivity contribution in [1.82, 2.24) is 20.2 Å². The quantitative estimate of drug-likeness (QED) is 0.470. The molecule has 1 fully saturated rings. The van der Waals surface area contributed by atoms with Gasteiger partial charge >= 0.3 is 0 Å². The van der Waals surface area contributed by atoms with Crippen molar-refractivity contribution >= 4 is 16.8 Å². The number of hydrogen-bond acceptors (Lipinski definition) is 5. The summed E-state index contributed by atoms with van der Waals surface area (Å²) >= 11 is 0. The van der Waals surface area contributed by atoms with Gasteiger partial charge in [0.1, 0.15) is 5.82 Å². The molecular weight excluding hydrogens is 431 g/mol. The third-order valence-electron chi connectivity index (χ3n) is 6.13. The van der Waals surface area contributed by atoms with E-state index in [1.54, 1.807) is 24.5 Å². The van der Waals surface area contributed by atoms with Crippen molar-refractivity contribution in [2.75, 3.05) is 32.8 Å². The molecule has 1 aliphatic heterocycles. The van der Waals surface area contributed by atoms with E-state index >= 15 is 0 Å². The number of pyridine rings is 2. The fourth-order valence-corrected chi connectivity index (χ4v) is 4.35. The third-order valence-corrected chi connectivity index (χ3v) is 6.13. The van der Waals surface area contributed by atoms with Gasteiger partial charge in [-0.05, 0) is 42.0 Å². The number of carbonyl (C=O) groups is 1. The Hall–Kier alpha value is -3.68. The molecule has 1 aliphatic rings. The number of aromatic nitrogens is 2. The highest BCUT2D eigenvalue weighted by atomic mass is 19.1. The lowest BCUT2D eigenvalue weighted by molar-refractivity contribution is 0.0162. The molecule has 2 aromatic carbocycles. The summed E-state index contributed by atoms with van der Waals surface area (Å²) in [6.07, 6.45) is 3.42. The number of halogens is 1. The van der Waals surface area contributed by atoms with Crippen LogP contribution in [-0.2, 0) is 4.74 Å². The second kappa shape index (κ2) is 10.1. The van der Waals surface area contributed by atoms with Crippen LogP contribution in [0, 0.1) is 5.82 Å². The van der Waals surface area contributed by atoms with Crippen molar-refractivity contribution in [1.29, 1.82) is 0 Å². The zero-order valence-corrected chi connectivity index (χ0v) is 18.7. The minimum atomic E-state index is -0.277. The molecule has 0 spiro atoms. The highest BCUT2D eigenvalue weighted by Crippen LogP contribution is 2.26. The lowest BCUT2D eigenvalue weighted by Gasteiger charge is -2.35. The molecule has 0 radical (unpaired) electrons. The van der Waals surface area contributed by atoms with E-state index in [2.05, 4.69) is 15.2 Å². The van der Waals surface area contributed by atoms with E-state index in [-0.39, 0.29) is 17.8 Å². The van der Waals surface area contributed by atoms with E-state index in [4.69, 9.17) is 9.72 Å². The van der Waals surface area contributed by atoms with Gasteiger partial charge in [0.05, 0.1) is 36.0 Å². The number of amides is 1. The van der Waals surface area contributed by atoms with E-state index in [9.17, 15) is 9.18 Å². The molecule has 1 amide bonds. The van der Waals surface area contributed by atoms with Crippen molar-refractivity contribution in [2.24, 2.45) is 0 Å². The fourth-order valence-electron chi connectivity index (χ4n) is 4.35. The number of benzene rings is 2. The second-order valence-electron chi connectivity index (χ2n) is 8.23. The van der Waals surface area contributed by atoms with E-state index in [1.807, 2.05) is 42.5 Å². The molecular formula is C27H25FN4O2. The summed E-state index contributed by atoms with van der Waals surface area (Å²) in [5.41, 5.74) is 3.89. The Morgan fingerprint density at radius 2 is 1.76 bits per heavy atom. The minimum absolute atomic E-state index is 0.0822. The second-order valence-corrected chi connectivity index (χ2v) is 8.23. The Bertz CT molecular complexity index is 1280. The summed E-state index contributed by atoms with van der Waals surface area (Å²) in [6.45, 7) is 3.17. The molecule has 3 heterocycles. The summed E-state index contributed by atoms with van der Waals surface area (Å²) in [5, 5.41) is 3.92. The van der Waals surface area contributed by atoms with Crippen LogP contribution in [-0.4, -0.2) is 53.6 Å². The van der Waals surface area contributed by atoms with E-state index in [0.717, 1.165) is 40.8 Å². The first-order valence-electron chi connectivity index (χ1n) is 11.3. The predicted octanol–water partition coefficient (Wildman–Crippen LogP) is 4.24. The van der Waals surface area contributed by atoms with Crippen molar-refractivity contribution in [2.45, 2.75) is 6.04 Å². The molecule has 5 rings (SSSR count). The van der Waals surface area contributed by atoms with Crippen LogP contribution in [0.15, 0.2) is 79.1 Å². The van der Waals surface area contributed by atoms with Gasteiger partial charge in [0, 0.05) is 43.0 Å². The first-order valence-corrected chi connectivity index (χ1v) is 11.3. The van der Waals surface area contributed by atoms with Crippen LogP contribution in [0.3, 0.4) is 0 Å². The highest BCUT2D eigenvalue weighted by Gasteiger charge is 2.24. The Morgan fingerprint density at radius 3 is 2.53 bits per heavy atom. The molecule has 0 aliphatic carbocycles. The van der Waals surface area contributed by atoms with Crippen LogP contribution in [0.2, 0.25) is 0 Å². The molecule has 1 atom stereocenters. The molecule has 6 nitrogen and oxygen atoms in total. The van der Waals surface area contributed by atoms with Crippen LogP contribution in [0.5, 0.6) is 0 Å². The topological polar surface area (TPSA) is 67.4 Å². The van der Waals surface area contributed by atoms with Crippen LogP contribution in [0.4, 0.5) is 4.39 Å². The Kier molecular flexibility index (Phi) is 6.56. The van der Waals surface area contributed by atoms with Gasteiger partial charge in [-0.25, -0.2) is 9.37 Å². The standard InChI is InChI=1S/C27H25FN4O2/c28-21-7-5-20(6-8-21)26(32-13-15-34-16-14-32)18-30-27(33)23-17-25(19-9-11-29-12-10-19)31-24-4-2-1-3-22(23)24/h1-12,17,26H,13-16,18H2,(H,30,33)/t26-/m1/s1. The molecule has 2 aromatic heterocycles. The van der Waals surface area contributed by atoms with Gasteiger partial charge in [0.25, 0.3) is 5.91 Å². The van der Waals surface area contributed by atoms with Gasteiger partial charge in [-0.1, -0.05) is 30.3 Å². The lowest BCUT2D eigenvalue weighted by Crippen LogP contribution is -2.43. The van der Waals surface area contributed by atoms with Crippen molar-refractivity contribution < 1.29 is 13.9 Å². The molecule has 0 bridgehead atoms. The van der Waals surface area contributed by atoms with Gasteiger partial charge in [-0.15, -0.1) is 0 Å². The summed E-state index contributed by atoms with van der Waals surface area (Å²) < 4.78 is 19.0. The molecule has 0 saturated carbocycles. The molecule has 1 N–H and O–H groups in total. The zero-order valence-electron chi connectivity index (χ0n) is 18.7. The maximum atomic E-state index is 13.5. The SMILES string of the molecule is O=C(NC[C@H](c1ccc(F)cc1)N1CCOCC1)c1cc(-c2ccncc2)nc2ccccc12. The number of carbonyl (C=O) groups excluding carboxylic acids is 1. The number of ether oxygens (including phenoxy) is 1. The van der Waals surface area contributed by atoms with Gasteiger partial charge < -0.3 is 10.1 Å². The minimum Gasteiger partial charge on any atom is -0.379 e. The van der Waals surface area contributed by atoms with Crippen molar-refractivity contribution in [3.05, 3.63) is 96.1 Å². The molecule has 4 aromatic rings. The molecule has 172 valence electrons. The van der Waals surface area contributed by atoms with Crippen LogP contribution < -0.4 is 5.32 Å². The van der Waals surface area contributed by atoms with Gasteiger partial charge in [0.2, 0.25) is 0 Å². The molecule has 0 unspecified atom stereocenters. The number of nitrogens with zero attached hydrogens (tertiary/aromatic N) is 3. The number of para-hydroxylation sites is 1. The third kappa shape index (κ3) is 4.81. The number of nitrogens with one attached hydrogen (secondary N) is 1. The summed E-state index contributed by atoms with van der Waals surface area (Å²) in [6, 6.07) is 19.6. The van der Waals surface area contributed by atoms with Gasteiger partial charge in [-0.3, -0.25) is 14.7 Å². The van der Waals surface area contributed by atoms with Crippen LogP contribution >= 0.6 is 0 Å². The Morgan fingerprint density at radius 1 is 1.03 bits per heavy atom. The van der Waals surface area contributed by atoms with E-state index < -0.39 is 0 Å². The molecule has 1 saturated heterocycles. The Labute approximate surface area is 197 Å². The smallest absolute Gasteiger partial charge is 0.252 e. The van der Waals surface area contributed by atoms with E-state index in [0.29, 0.717) is 25.3 Å². The average molecular weight is 457 g/mol. The zero-order chi connectivity index (χ0) is 23.3. The summed E-state index contributed by atoms with van der Waals surface area (Å²) in [5.74, 6) is -0.449. The first-order chi connectivity index (χ1) is 16.7. The molecule has 34 heavy (non-hydrogen) atoms.